The van der Waals surface area contributed by atoms with Crippen LogP contribution >= 0.6 is 0 Å². The second-order valence-electron chi connectivity index (χ2n) is 5.22. The van der Waals surface area contributed by atoms with Gasteiger partial charge in [0.2, 0.25) is 0 Å². The molecular weight excluding hydrogens is 256 g/mol. The maximum Gasteiger partial charge on any atom is 0.315 e. The maximum absolute atomic E-state index is 11.7. The topological polar surface area (TPSA) is 95.5 Å². The lowest BCUT2D eigenvalue weighted by molar-refractivity contribution is 0.117. The van der Waals surface area contributed by atoms with Crippen molar-refractivity contribution in [2.75, 3.05) is 11.5 Å². The third-order valence-electron chi connectivity index (χ3n) is 3.60. The molecule has 2 aliphatic rings. The summed E-state index contributed by atoms with van der Waals surface area (Å²) >= 11 is 0. The van der Waals surface area contributed by atoms with Crippen LogP contribution in [0.25, 0.3) is 0 Å². The van der Waals surface area contributed by atoms with E-state index in [2.05, 4.69) is 10.6 Å². The number of amides is 2. The van der Waals surface area contributed by atoms with E-state index in [4.69, 9.17) is 0 Å². The summed E-state index contributed by atoms with van der Waals surface area (Å²) in [6.07, 6.45) is 3.23. The first-order valence-electron chi connectivity index (χ1n) is 6.40. The number of aliphatic hydroxyl groups excluding tert-OH is 1. The highest BCUT2D eigenvalue weighted by Gasteiger charge is 2.29. The number of carbonyl (C=O) groups excluding carboxylic acids is 1. The van der Waals surface area contributed by atoms with Crippen molar-refractivity contribution in [2.45, 2.75) is 50.3 Å². The molecule has 1 atom stereocenters. The Kier molecular flexibility index (Phi) is 4.11. The minimum atomic E-state index is -2.96. The maximum atomic E-state index is 11.7. The predicted octanol–water partition coefficient (Wildman–Crippen LogP) is -0.224. The van der Waals surface area contributed by atoms with Gasteiger partial charge in [0.1, 0.15) is 0 Å². The van der Waals surface area contributed by atoms with Gasteiger partial charge in [0.05, 0.1) is 17.6 Å². The van der Waals surface area contributed by atoms with E-state index in [1.165, 1.54) is 0 Å². The molecule has 6 nitrogen and oxygen atoms in total. The summed E-state index contributed by atoms with van der Waals surface area (Å²) in [5.41, 5.74) is 0. The third kappa shape index (κ3) is 3.84. The largest absolute Gasteiger partial charge is 0.393 e. The molecule has 1 unspecified atom stereocenters. The highest BCUT2D eigenvalue weighted by atomic mass is 32.2. The average molecular weight is 276 g/mol. The van der Waals surface area contributed by atoms with Crippen LogP contribution in [-0.4, -0.2) is 49.2 Å². The van der Waals surface area contributed by atoms with Gasteiger partial charge in [0, 0.05) is 12.1 Å². The quantitative estimate of drug-likeness (QED) is 0.649. The Bertz CT molecular complexity index is 401. The van der Waals surface area contributed by atoms with Crippen molar-refractivity contribution in [2.24, 2.45) is 0 Å². The highest BCUT2D eigenvalue weighted by Crippen LogP contribution is 2.18. The standard InChI is InChI=1S/C11H20N2O4S/c14-10-3-1-8(2-4-10)12-11(15)13-9-5-6-18(16,17)7-9/h8-10,14H,1-7H2,(H2,12,13,15). The van der Waals surface area contributed by atoms with Gasteiger partial charge in [-0.3, -0.25) is 0 Å². The molecule has 1 saturated carbocycles. The van der Waals surface area contributed by atoms with E-state index < -0.39 is 9.84 Å². The van der Waals surface area contributed by atoms with Crippen LogP contribution in [0, 0.1) is 0 Å². The van der Waals surface area contributed by atoms with Crippen molar-refractivity contribution >= 4 is 15.9 Å². The van der Waals surface area contributed by atoms with E-state index in [-0.39, 0.29) is 35.7 Å². The molecule has 1 aliphatic carbocycles. The zero-order valence-electron chi connectivity index (χ0n) is 10.3. The van der Waals surface area contributed by atoms with Crippen molar-refractivity contribution < 1.29 is 18.3 Å². The average Bonchev–Trinajstić information content (AvgIpc) is 2.61. The summed E-state index contributed by atoms with van der Waals surface area (Å²) in [5.74, 6) is 0.206. The van der Waals surface area contributed by atoms with Crippen molar-refractivity contribution in [1.82, 2.24) is 10.6 Å². The molecule has 7 heteroatoms. The van der Waals surface area contributed by atoms with E-state index in [9.17, 15) is 18.3 Å². The van der Waals surface area contributed by atoms with Gasteiger partial charge in [0.15, 0.2) is 9.84 Å². The van der Waals surface area contributed by atoms with Crippen molar-refractivity contribution in [3.8, 4) is 0 Å². The number of aliphatic hydroxyl groups is 1. The van der Waals surface area contributed by atoms with Crippen LogP contribution in [0.2, 0.25) is 0 Å². The second kappa shape index (κ2) is 5.44. The summed E-state index contributed by atoms with van der Waals surface area (Å²) in [5, 5.41) is 14.9. The number of urea groups is 1. The summed E-state index contributed by atoms with van der Waals surface area (Å²) in [6, 6.07) is -0.464. The van der Waals surface area contributed by atoms with E-state index in [1.807, 2.05) is 0 Å². The normalized spacial score (nSPS) is 35.1. The lowest BCUT2D eigenvalue weighted by atomic mass is 9.93. The lowest BCUT2D eigenvalue weighted by Gasteiger charge is -2.26. The molecule has 1 heterocycles. The molecule has 0 spiro atoms. The van der Waals surface area contributed by atoms with Gasteiger partial charge < -0.3 is 15.7 Å². The molecule has 2 rings (SSSR count). The van der Waals surface area contributed by atoms with Gasteiger partial charge in [-0.05, 0) is 32.1 Å². The molecule has 1 saturated heterocycles. The van der Waals surface area contributed by atoms with Crippen molar-refractivity contribution in [1.29, 1.82) is 0 Å². The predicted molar refractivity (Wildman–Crippen MR) is 67.0 cm³/mol. The van der Waals surface area contributed by atoms with Crippen LogP contribution in [0.15, 0.2) is 0 Å². The Morgan fingerprint density at radius 1 is 1.00 bits per heavy atom. The molecule has 0 radical (unpaired) electrons. The number of hydrogen-bond donors (Lipinski definition) is 3. The van der Waals surface area contributed by atoms with Gasteiger partial charge >= 0.3 is 6.03 Å². The third-order valence-corrected chi connectivity index (χ3v) is 5.37. The fourth-order valence-corrected chi connectivity index (χ4v) is 4.21. The van der Waals surface area contributed by atoms with Crippen LogP contribution in [0.5, 0.6) is 0 Å². The van der Waals surface area contributed by atoms with Crippen LogP contribution < -0.4 is 10.6 Å². The molecule has 18 heavy (non-hydrogen) atoms. The number of hydrogen-bond acceptors (Lipinski definition) is 4. The Morgan fingerprint density at radius 3 is 2.17 bits per heavy atom. The summed E-state index contributed by atoms with van der Waals surface area (Å²) < 4.78 is 22.5. The molecule has 2 fully saturated rings. The van der Waals surface area contributed by atoms with E-state index >= 15 is 0 Å². The number of carbonyl (C=O) groups is 1. The van der Waals surface area contributed by atoms with Crippen LogP contribution in [0.4, 0.5) is 4.79 Å². The Morgan fingerprint density at radius 2 is 1.61 bits per heavy atom. The molecule has 0 bridgehead atoms. The van der Waals surface area contributed by atoms with Gasteiger partial charge in [-0.1, -0.05) is 0 Å². The Balaban J connectivity index is 1.73. The van der Waals surface area contributed by atoms with Crippen molar-refractivity contribution in [3.05, 3.63) is 0 Å². The summed E-state index contributed by atoms with van der Waals surface area (Å²) in [4.78, 5) is 11.7. The molecule has 104 valence electrons. The molecule has 0 aromatic heterocycles. The van der Waals surface area contributed by atoms with Gasteiger partial charge in [-0.25, -0.2) is 13.2 Å². The van der Waals surface area contributed by atoms with E-state index in [0.29, 0.717) is 19.3 Å². The van der Waals surface area contributed by atoms with Crippen LogP contribution in [0.1, 0.15) is 32.1 Å². The van der Waals surface area contributed by atoms with Crippen molar-refractivity contribution in [3.63, 3.8) is 0 Å². The SMILES string of the molecule is O=C(NC1CCC(O)CC1)NC1CCS(=O)(=O)C1. The smallest absolute Gasteiger partial charge is 0.315 e. The van der Waals surface area contributed by atoms with Gasteiger partial charge in [-0.2, -0.15) is 0 Å². The minimum Gasteiger partial charge on any atom is -0.393 e. The second-order valence-corrected chi connectivity index (χ2v) is 7.45. The van der Waals surface area contributed by atoms with Gasteiger partial charge in [0.25, 0.3) is 0 Å². The van der Waals surface area contributed by atoms with Crippen LogP contribution in [-0.2, 0) is 9.84 Å². The molecule has 1 aliphatic heterocycles. The fourth-order valence-electron chi connectivity index (χ4n) is 2.54. The first-order valence-corrected chi connectivity index (χ1v) is 8.22. The molecule has 3 N–H and O–H groups in total. The molecular formula is C11H20N2O4S. The summed E-state index contributed by atoms with van der Waals surface area (Å²) in [7, 11) is -2.96. The zero-order valence-corrected chi connectivity index (χ0v) is 11.1. The first-order chi connectivity index (χ1) is 8.44. The fraction of sp³-hybridized carbons (Fsp3) is 0.909. The lowest BCUT2D eigenvalue weighted by Crippen LogP contribution is -2.47. The van der Waals surface area contributed by atoms with Crippen LogP contribution in [0.3, 0.4) is 0 Å². The first kappa shape index (κ1) is 13.6. The Hall–Kier alpha value is -0.820. The molecule has 2 amide bonds. The highest BCUT2D eigenvalue weighted by molar-refractivity contribution is 7.91. The summed E-state index contributed by atoms with van der Waals surface area (Å²) in [6.45, 7) is 0. The minimum absolute atomic E-state index is 0.0454. The molecule has 0 aromatic carbocycles. The monoisotopic (exact) mass is 276 g/mol. The number of nitrogens with one attached hydrogen (secondary N) is 2. The molecule has 0 aromatic rings. The number of sulfone groups is 1. The van der Waals surface area contributed by atoms with Gasteiger partial charge in [-0.15, -0.1) is 0 Å². The van der Waals surface area contributed by atoms with E-state index in [1.54, 1.807) is 0 Å². The Labute approximate surface area is 107 Å². The van der Waals surface area contributed by atoms with E-state index in [0.717, 1.165) is 12.8 Å². The number of rotatable bonds is 2. The zero-order chi connectivity index (χ0) is 13.2.